The number of nitrogens with one attached hydrogen (secondary N) is 1. The third-order valence-corrected chi connectivity index (χ3v) is 2.19. The maximum atomic E-state index is 12.8. The lowest BCUT2D eigenvalue weighted by Gasteiger charge is -2.16. The Morgan fingerprint density at radius 2 is 2.23 bits per heavy atom. The Kier molecular flexibility index (Phi) is 3.39. The second-order valence-corrected chi connectivity index (χ2v) is 3.08. The first-order valence-corrected chi connectivity index (χ1v) is 4.32. The minimum Gasteiger partial charge on any atom is -0.329 e. The van der Waals surface area contributed by atoms with Crippen LogP contribution in [0.5, 0.6) is 0 Å². The van der Waals surface area contributed by atoms with Gasteiger partial charge in [-0.25, -0.2) is 4.39 Å². The quantitative estimate of drug-likeness (QED) is 0.740. The number of nitrogens with two attached hydrogens (primary N) is 1. The van der Waals surface area contributed by atoms with Crippen molar-refractivity contribution in [1.29, 1.82) is 0 Å². The van der Waals surface area contributed by atoms with Gasteiger partial charge in [-0.15, -0.1) is 0 Å². The van der Waals surface area contributed by atoms with Crippen LogP contribution in [0, 0.1) is 12.7 Å². The molecule has 13 heavy (non-hydrogen) atoms. The molecule has 1 unspecified atom stereocenters. The molecule has 0 aliphatic heterocycles. The fourth-order valence-electron chi connectivity index (χ4n) is 1.43. The third kappa shape index (κ3) is 2.26. The molecule has 0 aliphatic rings. The highest BCUT2D eigenvalue weighted by Gasteiger charge is 2.09. The number of hydrogen-bond acceptors (Lipinski definition) is 2. The van der Waals surface area contributed by atoms with Crippen LogP contribution in [0.25, 0.3) is 0 Å². The fourth-order valence-corrected chi connectivity index (χ4v) is 1.43. The normalized spacial score (nSPS) is 12.9. The molecule has 1 rings (SSSR count). The molecular weight excluding hydrogens is 167 g/mol. The van der Waals surface area contributed by atoms with E-state index in [-0.39, 0.29) is 11.9 Å². The molecule has 0 amide bonds. The van der Waals surface area contributed by atoms with Crippen molar-refractivity contribution in [2.24, 2.45) is 5.73 Å². The van der Waals surface area contributed by atoms with Crippen LogP contribution in [0.4, 0.5) is 4.39 Å². The van der Waals surface area contributed by atoms with Gasteiger partial charge in [0, 0.05) is 12.6 Å². The van der Waals surface area contributed by atoms with Gasteiger partial charge in [-0.3, -0.25) is 0 Å². The van der Waals surface area contributed by atoms with Gasteiger partial charge in [0.25, 0.3) is 0 Å². The number of likely N-dealkylation sites (N-methyl/N-ethyl adjacent to an activating group) is 1. The Morgan fingerprint density at radius 3 is 2.69 bits per heavy atom. The van der Waals surface area contributed by atoms with Gasteiger partial charge >= 0.3 is 0 Å². The number of rotatable bonds is 3. The lowest BCUT2D eigenvalue weighted by Crippen LogP contribution is -2.25. The molecule has 0 bridgehead atoms. The minimum atomic E-state index is -0.201. The van der Waals surface area contributed by atoms with E-state index in [0.29, 0.717) is 6.54 Å². The second-order valence-electron chi connectivity index (χ2n) is 3.08. The highest BCUT2D eigenvalue weighted by molar-refractivity contribution is 5.29. The largest absolute Gasteiger partial charge is 0.329 e. The van der Waals surface area contributed by atoms with E-state index in [1.807, 2.05) is 14.0 Å². The van der Waals surface area contributed by atoms with E-state index in [4.69, 9.17) is 5.73 Å². The predicted octanol–water partition coefficient (Wildman–Crippen LogP) is 1.35. The molecule has 2 nitrogen and oxygen atoms in total. The SMILES string of the molecule is CNC(CN)c1ccc(F)cc1C. The fraction of sp³-hybridized carbons (Fsp3) is 0.400. The Morgan fingerprint density at radius 1 is 1.54 bits per heavy atom. The summed E-state index contributed by atoms with van der Waals surface area (Å²) in [6, 6.07) is 4.87. The first-order chi connectivity index (χ1) is 6.19. The van der Waals surface area contributed by atoms with Crippen molar-refractivity contribution in [3.05, 3.63) is 35.1 Å². The number of hydrogen-bond donors (Lipinski definition) is 2. The van der Waals surface area contributed by atoms with Crippen LogP contribution in [0.1, 0.15) is 17.2 Å². The van der Waals surface area contributed by atoms with Gasteiger partial charge in [0.1, 0.15) is 5.82 Å². The summed E-state index contributed by atoms with van der Waals surface area (Å²) in [7, 11) is 1.85. The topological polar surface area (TPSA) is 38.0 Å². The molecule has 0 aromatic heterocycles. The number of aryl methyl sites for hydroxylation is 1. The highest BCUT2D eigenvalue weighted by Crippen LogP contribution is 2.17. The molecule has 1 aromatic carbocycles. The van der Waals surface area contributed by atoms with Crippen molar-refractivity contribution < 1.29 is 4.39 Å². The second kappa shape index (κ2) is 4.35. The molecule has 1 atom stereocenters. The summed E-state index contributed by atoms with van der Waals surface area (Å²) >= 11 is 0. The van der Waals surface area contributed by atoms with E-state index in [2.05, 4.69) is 5.32 Å². The van der Waals surface area contributed by atoms with Gasteiger partial charge in [-0.1, -0.05) is 6.07 Å². The molecular formula is C10H15FN2. The first-order valence-electron chi connectivity index (χ1n) is 4.32. The smallest absolute Gasteiger partial charge is 0.123 e. The zero-order chi connectivity index (χ0) is 9.84. The Bertz CT molecular complexity index is 282. The monoisotopic (exact) mass is 182 g/mol. The standard InChI is InChI=1S/C10H15FN2/c1-7-5-8(11)3-4-9(7)10(6-12)13-2/h3-5,10,13H,6,12H2,1-2H3. The Hall–Kier alpha value is -0.930. The van der Waals surface area contributed by atoms with Crippen LogP contribution < -0.4 is 11.1 Å². The summed E-state index contributed by atoms with van der Waals surface area (Å²) in [5.41, 5.74) is 7.56. The Labute approximate surface area is 77.9 Å². The van der Waals surface area contributed by atoms with E-state index in [0.717, 1.165) is 11.1 Å². The molecule has 0 aliphatic carbocycles. The molecule has 0 radical (unpaired) electrons. The number of benzene rings is 1. The molecule has 1 aromatic rings. The van der Waals surface area contributed by atoms with Gasteiger partial charge in [0.2, 0.25) is 0 Å². The van der Waals surface area contributed by atoms with Crippen LogP contribution in [0.3, 0.4) is 0 Å². The molecule has 0 saturated carbocycles. The molecule has 0 spiro atoms. The van der Waals surface area contributed by atoms with Crippen molar-refractivity contribution in [3.63, 3.8) is 0 Å². The first kappa shape index (κ1) is 10.2. The zero-order valence-corrected chi connectivity index (χ0v) is 7.97. The minimum absolute atomic E-state index is 0.112. The summed E-state index contributed by atoms with van der Waals surface area (Å²) in [5, 5.41) is 3.08. The van der Waals surface area contributed by atoms with Crippen molar-refractivity contribution >= 4 is 0 Å². The summed E-state index contributed by atoms with van der Waals surface area (Å²) in [6.45, 7) is 2.40. The van der Waals surface area contributed by atoms with Crippen molar-refractivity contribution in [2.75, 3.05) is 13.6 Å². The summed E-state index contributed by atoms with van der Waals surface area (Å²) in [4.78, 5) is 0. The van der Waals surface area contributed by atoms with E-state index < -0.39 is 0 Å². The van der Waals surface area contributed by atoms with Gasteiger partial charge in [-0.05, 0) is 37.2 Å². The van der Waals surface area contributed by atoms with Crippen molar-refractivity contribution in [3.8, 4) is 0 Å². The average molecular weight is 182 g/mol. The molecule has 3 heteroatoms. The van der Waals surface area contributed by atoms with Crippen LogP contribution in [0.15, 0.2) is 18.2 Å². The van der Waals surface area contributed by atoms with E-state index in [1.54, 1.807) is 6.07 Å². The van der Waals surface area contributed by atoms with Crippen LogP contribution >= 0.6 is 0 Å². The predicted molar refractivity (Wildman–Crippen MR) is 52.0 cm³/mol. The molecule has 72 valence electrons. The van der Waals surface area contributed by atoms with E-state index >= 15 is 0 Å². The van der Waals surface area contributed by atoms with Crippen LogP contribution in [-0.2, 0) is 0 Å². The number of halogens is 1. The van der Waals surface area contributed by atoms with Crippen molar-refractivity contribution in [2.45, 2.75) is 13.0 Å². The van der Waals surface area contributed by atoms with E-state index in [9.17, 15) is 4.39 Å². The average Bonchev–Trinajstić information content (AvgIpc) is 2.10. The van der Waals surface area contributed by atoms with Crippen LogP contribution in [-0.4, -0.2) is 13.6 Å². The lowest BCUT2D eigenvalue weighted by molar-refractivity contribution is 0.593. The van der Waals surface area contributed by atoms with Crippen molar-refractivity contribution in [1.82, 2.24) is 5.32 Å². The molecule has 0 fully saturated rings. The molecule has 0 saturated heterocycles. The van der Waals surface area contributed by atoms with Gasteiger partial charge in [-0.2, -0.15) is 0 Å². The van der Waals surface area contributed by atoms with E-state index in [1.165, 1.54) is 12.1 Å². The zero-order valence-electron chi connectivity index (χ0n) is 7.97. The van der Waals surface area contributed by atoms with Crippen LogP contribution in [0.2, 0.25) is 0 Å². The highest BCUT2D eigenvalue weighted by atomic mass is 19.1. The maximum Gasteiger partial charge on any atom is 0.123 e. The summed E-state index contributed by atoms with van der Waals surface area (Å²) in [5.74, 6) is -0.201. The molecule has 3 N–H and O–H groups in total. The maximum absolute atomic E-state index is 12.8. The summed E-state index contributed by atoms with van der Waals surface area (Å²) < 4.78 is 12.8. The van der Waals surface area contributed by atoms with Gasteiger partial charge in [0.05, 0.1) is 0 Å². The van der Waals surface area contributed by atoms with Gasteiger partial charge in [0.15, 0.2) is 0 Å². The summed E-state index contributed by atoms with van der Waals surface area (Å²) in [6.07, 6.45) is 0. The van der Waals surface area contributed by atoms with Gasteiger partial charge < -0.3 is 11.1 Å². The molecule has 0 heterocycles. The third-order valence-electron chi connectivity index (χ3n) is 2.19. The lowest BCUT2D eigenvalue weighted by atomic mass is 10.0. The Balaban J connectivity index is 2.99.